The maximum Gasteiger partial charge on any atom is 0.256 e. The van der Waals surface area contributed by atoms with Crippen molar-refractivity contribution < 1.29 is 9.18 Å². The topological polar surface area (TPSA) is 62.0 Å². The molecule has 0 bridgehead atoms. The first kappa shape index (κ1) is 15.0. The second kappa shape index (κ2) is 6.35. The van der Waals surface area contributed by atoms with Crippen LogP contribution in [-0.2, 0) is 6.42 Å². The molecule has 0 saturated heterocycles. The van der Waals surface area contributed by atoms with Gasteiger partial charge in [-0.3, -0.25) is 9.59 Å². The van der Waals surface area contributed by atoms with Gasteiger partial charge in [-0.15, -0.1) is 0 Å². The van der Waals surface area contributed by atoms with Gasteiger partial charge in [0.1, 0.15) is 11.4 Å². The molecule has 1 atom stereocenters. The molecule has 0 saturated carbocycles. The predicted molar refractivity (Wildman–Crippen MR) is 78.8 cm³/mol. The minimum Gasteiger partial charge on any atom is -0.364 e. The number of nitrogens with one attached hydrogen (secondary N) is 2. The van der Waals surface area contributed by atoms with Crippen LogP contribution in [0.2, 0.25) is 0 Å². The van der Waals surface area contributed by atoms with Gasteiger partial charge in [0.2, 0.25) is 0 Å². The molecule has 4 nitrogen and oxygen atoms in total. The van der Waals surface area contributed by atoms with E-state index in [2.05, 4.69) is 10.3 Å². The Balaban J connectivity index is 2.01. The molecule has 2 aromatic rings. The summed E-state index contributed by atoms with van der Waals surface area (Å²) in [5, 5.41) is 2.77. The Labute approximate surface area is 122 Å². The highest BCUT2D eigenvalue weighted by atomic mass is 19.1. The Morgan fingerprint density at radius 3 is 2.62 bits per heavy atom. The number of aromatic amines is 1. The molecule has 0 spiro atoms. The van der Waals surface area contributed by atoms with Crippen molar-refractivity contribution in [2.45, 2.75) is 26.3 Å². The molecule has 1 aromatic carbocycles. The summed E-state index contributed by atoms with van der Waals surface area (Å²) in [6, 6.07) is 7.35. The summed E-state index contributed by atoms with van der Waals surface area (Å²) in [5.41, 5.74) is 1.40. The molecule has 0 fully saturated rings. The molecule has 1 heterocycles. The highest BCUT2D eigenvalue weighted by Crippen LogP contribution is 2.06. The molecule has 0 aliphatic rings. The number of H-pyrrole nitrogens is 1. The number of carbonyl (C=O) groups is 1. The fourth-order valence-electron chi connectivity index (χ4n) is 2.08. The van der Waals surface area contributed by atoms with Crippen LogP contribution in [0.1, 0.15) is 28.5 Å². The molecule has 0 aliphatic heterocycles. The first-order valence-electron chi connectivity index (χ1n) is 6.70. The molecule has 1 unspecified atom stereocenters. The highest BCUT2D eigenvalue weighted by molar-refractivity contribution is 5.93. The summed E-state index contributed by atoms with van der Waals surface area (Å²) in [4.78, 5) is 26.6. The van der Waals surface area contributed by atoms with Gasteiger partial charge < -0.3 is 10.3 Å². The molecule has 2 N–H and O–H groups in total. The van der Waals surface area contributed by atoms with Crippen molar-refractivity contribution in [3.8, 4) is 0 Å². The Morgan fingerprint density at radius 2 is 2.00 bits per heavy atom. The van der Waals surface area contributed by atoms with Gasteiger partial charge in [0.15, 0.2) is 5.43 Å². The Bertz CT molecular complexity index is 692. The van der Waals surface area contributed by atoms with E-state index in [0.717, 1.165) is 5.56 Å². The first-order chi connectivity index (χ1) is 9.95. The SMILES string of the molecule is Cc1cc(=O)c(C(=O)NC(C)Cc2ccc(F)cc2)c[nH]1. The number of amides is 1. The van der Waals surface area contributed by atoms with E-state index in [1.807, 2.05) is 6.92 Å². The quantitative estimate of drug-likeness (QED) is 0.906. The smallest absolute Gasteiger partial charge is 0.256 e. The van der Waals surface area contributed by atoms with Crippen molar-refractivity contribution in [1.29, 1.82) is 0 Å². The molecule has 2 rings (SSSR count). The van der Waals surface area contributed by atoms with E-state index in [4.69, 9.17) is 0 Å². The number of hydrogen-bond acceptors (Lipinski definition) is 2. The average Bonchev–Trinajstić information content (AvgIpc) is 2.41. The number of hydrogen-bond donors (Lipinski definition) is 2. The fourth-order valence-corrected chi connectivity index (χ4v) is 2.08. The zero-order valence-electron chi connectivity index (χ0n) is 11.9. The van der Waals surface area contributed by atoms with Crippen LogP contribution in [0.5, 0.6) is 0 Å². The van der Waals surface area contributed by atoms with Crippen molar-refractivity contribution in [2.24, 2.45) is 0 Å². The van der Waals surface area contributed by atoms with E-state index in [1.165, 1.54) is 24.4 Å². The summed E-state index contributed by atoms with van der Waals surface area (Å²) in [7, 11) is 0. The molecule has 5 heteroatoms. The van der Waals surface area contributed by atoms with Gasteiger partial charge in [-0.2, -0.15) is 0 Å². The van der Waals surface area contributed by atoms with Gasteiger partial charge >= 0.3 is 0 Å². The number of pyridine rings is 1. The predicted octanol–water partition coefficient (Wildman–Crippen LogP) is 2.18. The Kier molecular flexibility index (Phi) is 4.52. The third kappa shape index (κ3) is 4.02. The van der Waals surface area contributed by atoms with Gasteiger partial charge in [0, 0.05) is 24.0 Å². The molecule has 21 heavy (non-hydrogen) atoms. The third-order valence-corrected chi connectivity index (χ3v) is 3.13. The zero-order valence-corrected chi connectivity index (χ0v) is 11.9. The average molecular weight is 288 g/mol. The van der Waals surface area contributed by atoms with Crippen LogP contribution in [-0.4, -0.2) is 16.9 Å². The maximum atomic E-state index is 12.8. The molecule has 1 aromatic heterocycles. The summed E-state index contributed by atoms with van der Waals surface area (Å²) in [5.74, 6) is -0.701. The minimum absolute atomic E-state index is 0.0894. The second-order valence-corrected chi connectivity index (χ2v) is 5.10. The van der Waals surface area contributed by atoms with Crippen molar-refractivity contribution in [3.63, 3.8) is 0 Å². The van der Waals surface area contributed by atoms with Gasteiger partial charge in [0.25, 0.3) is 5.91 Å². The number of halogens is 1. The number of benzene rings is 1. The summed E-state index contributed by atoms with van der Waals surface area (Å²) >= 11 is 0. The Morgan fingerprint density at radius 1 is 1.33 bits per heavy atom. The van der Waals surface area contributed by atoms with E-state index in [0.29, 0.717) is 12.1 Å². The van der Waals surface area contributed by atoms with Crippen molar-refractivity contribution in [1.82, 2.24) is 10.3 Å². The molecule has 110 valence electrons. The van der Waals surface area contributed by atoms with Crippen LogP contribution >= 0.6 is 0 Å². The third-order valence-electron chi connectivity index (χ3n) is 3.13. The van der Waals surface area contributed by atoms with E-state index in [1.54, 1.807) is 19.1 Å². The number of rotatable bonds is 4. The lowest BCUT2D eigenvalue weighted by Crippen LogP contribution is -2.36. The molecular formula is C16H17FN2O2. The van der Waals surface area contributed by atoms with Crippen molar-refractivity contribution in [3.05, 3.63) is 69.4 Å². The highest BCUT2D eigenvalue weighted by Gasteiger charge is 2.13. The maximum absolute atomic E-state index is 12.8. The number of aromatic nitrogens is 1. The van der Waals surface area contributed by atoms with Gasteiger partial charge in [-0.25, -0.2) is 4.39 Å². The first-order valence-corrected chi connectivity index (χ1v) is 6.70. The second-order valence-electron chi connectivity index (χ2n) is 5.10. The molecular weight excluding hydrogens is 271 g/mol. The number of aryl methyl sites for hydroxylation is 1. The van der Waals surface area contributed by atoms with E-state index in [9.17, 15) is 14.0 Å². The summed E-state index contributed by atoms with van der Waals surface area (Å²) in [6.07, 6.45) is 1.98. The van der Waals surface area contributed by atoms with Crippen LogP contribution < -0.4 is 10.7 Å². The molecule has 0 radical (unpaired) electrons. The number of carbonyl (C=O) groups excluding carboxylic acids is 1. The normalized spacial score (nSPS) is 12.0. The zero-order chi connectivity index (χ0) is 15.4. The van der Waals surface area contributed by atoms with Crippen LogP contribution in [0, 0.1) is 12.7 Å². The van der Waals surface area contributed by atoms with E-state index in [-0.39, 0.29) is 22.9 Å². The van der Waals surface area contributed by atoms with Crippen molar-refractivity contribution in [2.75, 3.05) is 0 Å². The fraction of sp³-hybridized carbons (Fsp3) is 0.250. The summed E-state index contributed by atoms with van der Waals surface area (Å²) < 4.78 is 12.8. The lowest BCUT2D eigenvalue weighted by atomic mass is 10.1. The molecule has 0 aliphatic carbocycles. The van der Waals surface area contributed by atoms with Crippen LogP contribution in [0.3, 0.4) is 0 Å². The largest absolute Gasteiger partial charge is 0.364 e. The summed E-state index contributed by atoms with van der Waals surface area (Å²) in [6.45, 7) is 3.59. The minimum atomic E-state index is -0.411. The van der Waals surface area contributed by atoms with Crippen LogP contribution in [0.4, 0.5) is 4.39 Å². The van der Waals surface area contributed by atoms with Gasteiger partial charge in [-0.05, 0) is 38.0 Å². The lowest BCUT2D eigenvalue weighted by molar-refractivity contribution is 0.0938. The van der Waals surface area contributed by atoms with E-state index < -0.39 is 5.91 Å². The van der Waals surface area contributed by atoms with Crippen molar-refractivity contribution >= 4 is 5.91 Å². The van der Waals surface area contributed by atoms with Gasteiger partial charge in [-0.1, -0.05) is 12.1 Å². The van der Waals surface area contributed by atoms with Crippen LogP contribution in [0.15, 0.2) is 41.3 Å². The van der Waals surface area contributed by atoms with Crippen LogP contribution in [0.25, 0.3) is 0 Å². The monoisotopic (exact) mass is 288 g/mol. The molecule has 1 amide bonds. The van der Waals surface area contributed by atoms with E-state index >= 15 is 0 Å². The van der Waals surface area contributed by atoms with Gasteiger partial charge in [0.05, 0.1) is 0 Å². The lowest BCUT2D eigenvalue weighted by Gasteiger charge is -2.13. The standard InChI is InChI=1S/C16H17FN2O2/c1-10-8-15(20)14(9-18-10)16(21)19-11(2)7-12-3-5-13(17)6-4-12/h3-6,8-9,11H,7H2,1-2H3,(H,18,20)(H,19,21). The Hall–Kier alpha value is -2.43.